The summed E-state index contributed by atoms with van der Waals surface area (Å²) in [4.78, 5) is 11.8. The second kappa shape index (κ2) is 7.74. The number of carbonyl (C=O) groups is 1. The van der Waals surface area contributed by atoms with Crippen molar-refractivity contribution in [2.45, 2.75) is 31.8 Å². The SMILES string of the molecule is CCCCOC(=O)CSc1nnc2cc(C)c3ccc(OC)cc3n12. The van der Waals surface area contributed by atoms with E-state index in [2.05, 4.69) is 17.1 Å². The smallest absolute Gasteiger partial charge is 0.316 e. The molecule has 2 heterocycles. The molecule has 0 amide bonds. The van der Waals surface area contributed by atoms with Crippen molar-refractivity contribution in [1.29, 1.82) is 0 Å². The second-order valence-corrected chi connectivity index (χ2v) is 6.69. The largest absolute Gasteiger partial charge is 0.497 e. The molecule has 0 aliphatic carbocycles. The standard InChI is InChI=1S/C18H21N3O3S/c1-4-5-8-24-17(22)11-25-18-20-19-16-9-12(2)14-7-6-13(23-3)10-15(14)21(16)18/h6-7,9-10H,4-5,8,11H2,1-3H3. The molecule has 6 nitrogen and oxygen atoms in total. The van der Waals surface area contributed by atoms with Crippen LogP contribution in [0.2, 0.25) is 0 Å². The van der Waals surface area contributed by atoms with Gasteiger partial charge >= 0.3 is 5.97 Å². The van der Waals surface area contributed by atoms with E-state index < -0.39 is 0 Å². The van der Waals surface area contributed by atoms with Gasteiger partial charge in [-0.1, -0.05) is 25.1 Å². The Hall–Kier alpha value is -2.28. The maximum absolute atomic E-state index is 11.8. The first kappa shape index (κ1) is 17.5. The first-order valence-corrected chi connectivity index (χ1v) is 9.23. The lowest BCUT2D eigenvalue weighted by atomic mass is 10.1. The Morgan fingerprint density at radius 1 is 1.28 bits per heavy atom. The van der Waals surface area contributed by atoms with E-state index in [-0.39, 0.29) is 11.7 Å². The molecule has 0 aliphatic rings. The minimum Gasteiger partial charge on any atom is -0.497 e. The van der Waals surface area contributed by atoms with Gasteiger partial charge in [-0.25, -0.2) is 0 Å². The zero-order chi connectivity index (χ0) is 17.8. The molecule has 0 spiro atoms. The monoisotopic (exact) mass is 359 g/mol. The molecular weight excluding hydrogens is 338 g/mol. The number of ether oxygens (including phenoxy) is 2. The summed E-state index contributed by atoms with van der Waals surface area (Å²) in [5.41, 5.74) is 2.83. The Morgan fingerprint density at radius 2 is 2.12 bits per heavy atom. The van der Waals surface area contributed by atoms with Crippen molar-refractivity contribution in [3.63, 3.8) is 0 Å². The van der Waals surface area contributed by atoms with Crippen LogP contribution in [0.1, 0.15) is 25.3 Å². The first-order valence-electron chi connectivity index (χ1n) is 8.25. The van der Waals surface area contributed by atoms with Crippen molar-refractivity contribution in [3.05, 3.63) is 29.8 Å². The van der Waals surface area contributed by atoms with Crippen LogP contribution in [0.5, 0.6) is 5.75 Å². The summed E-state index contributed by atoms with van der Waals surface area (Å²) >= 11 is 1.33. The van der Waals surface area contributed by atoms with Crippen LogP contribution in [0.3, 0.4) is 0 Å². The van der Waals surface area contributed by atoms with Gasteiger partial charge in [-0.05, 0) is 37.1 Å². The molecule has 7 heteroatoms. The van der Waals surface area contributed by atoms with E-state index in [1.165, 1.54) is 11.8 Å². The molecule has 0 radical (unpaired) electrons. The van der Waals surface area contributed by atoms with Crippen molar-refractivity contribution in [1.82, 2.24) is 14.6 Å². The highest BCUT2D eigenvalue weighted by Crippen LogP contribution is 2.28. The Kier molecular flexibility index (Phi) is 5.43. The van der Waals surface area contributed by atoms with Crippen LogP contribution in [0.25, 0.3) is 16.6 Å². The third kappa shape index (κ3) is 3.71. The van der Waals surface area contributed by atoms with E-state index >= 15 is 0 Å². The number of fused-ring (bicyclic) bond motifs is 3. The summed E-state index contributed by atoms with van der Waals surface area (Å²) in [6.07, 6.45) is 1.89. The molecular formula is C18H21N3O3S. The average molecular weight is 359 g/mol. The van der Waals surface area contributed by atoms with E-state index in [0.717, 1.165) is 40.7 Å². The lowest BCUT2D eigenvalue weighted by molar-refractivity contribution is -0.140. The second-order valence-electron chi connectivity index (χ2n) is 5.75. The van der Waals surface area contributed by atoms with Gasteiger partial charge in [0.2, 0.25) is 0 Å². The molecule has 0 unspecified atom stereocenters. The van der Waals surface area contributed by atoms with Crippen LogP contribution >= 0.6 is 11.8 Å². The molecule has 0 saturated carbocycles. The molecule has 0 bridgehead atoms. The molecule has 1 aromatic carbocycles. The average Bonchev–Trinajstić information content (AvgIpc) is 3.02. The van der Waals surface area contributed by atoms with Gasteiger partial charge in [-0.2, -0.15) is 0 Å². The number of methoxy groups -OCH3 is 1. The highest BCUT2D eigenvalue weighted by molar-refractivity contribution is 7.99. The summed E-state index contributed by atoms with van der Waals surface area (Å²) in [7, 11) is 1.64. The van der Waals surface area contributed by atoms with Gasteiger partial charge in [0.25, 0.3) is 0 Å². The summed E-state index contributed by atoms with van der Waals surface area (Å²) in [6, 6.07) is 7.91. The molecule has 0 N–H and O–H groups in total. The number of unbranched alkanes of at least 4 members (excludes halogenated alkanes) is 1. The summed E-state index contributed by atoms with van der Waals surface area (Å²) < 4.78 is 12.5. The molecule has 3 aromatic rings. The fourth-order valence-corrected chi connectivity index (χ4v) is 3.37. The highest BCUT2D eigenvalue weighted by Gasteiger charge is 2.14. The zero-order valence-electron chi connectivity index (χ0n) is 14.6. The predicted molar refractivity (Wildman–Crippen MR) is 98.4 cm³/mol. The number of aryl methyl sites for hydroxylation is 1. The summed E-state index contributed by atoms with van der Waals surface area (Å²) in [6.45, 7) is 4.57. The maximum Gasteiger partial charge on any atom is 0.316 e. The molecule has 25 heavy (non-hydrogen) atoms. The maximum atomic E-state index is 11.8. The Morgan fingerprint density at radius 3 is 2.88 bits per heavy atom. The van der Waals surface area contributed by atoms with Gasteiger partial charge in [0, 0.05) is 11.5 Å². The molecule has 0 fully saturated rings. The molecule has 3 rings (SSSR count). The normalized spacial score (nSPS) is 11.2. The molecule has 2 aromatic heterocycles. The number of rotatable bonds is 7. The number of benzene rings is 1. The van der Waals surface area contributed by atoms with E-state index in [0.29, 0.717) is 11.8 Å². The Balaban J connectivity index is 1.91. The van der Waals surface area contributed by atoms with Gasteiger partial charge in [0.15, 0.2) is 10.8 Å². The van der Waals surface area contributed by atoms with Gasteiger partial charge in [0.05, 0.1) is 25.0 Å². The van der Waals surface area contributed by atoms with Crippen LogP contribution in [-0.2, 0) is 9.53 Å². The topological polar surface area (TPSA) is 65.7 Å². The Labute approximate surface area is 150 Å². The number of thioether (sulfide) groups is 1. The minimum absolute atomic E-state index is 0.212. The highest BCUT2D eigenvalue weighted by atomic mass is 32.2. The minimum atomic E-state index is -0.232. The van der Waals surface area contributed by atoms with E-state index in [9.17, 15) is 4.79 Å². The fraction of sp³-hybridized carbons (Fsp3) is 0.389. The van der Waals surface area contributed by atoms with Gasteiger partial charge in [-0.15, -0.1) is 10.2 Å². The van der Waals surface area contributed by atoms with Crippen LogP contribution in [0.15, 0.2) is 29.4 Å². The van der Waals surface area contributed by atoms with Crippen molar-refractivity contribution < 1.29 is 14.3 Å². The van der Waals surface area contributed by atoms with Gasteiger partial charge < -0.3 is 9.47 Å². The van der Waals surface area contributed by atoms with Crippen molar-refractivity contribution in [2.75, 3.05) is 19.5 Å². The third-order valence-corrected chi connectivity index (χ3v) is 4.86. The van der Waals surface area contributed by atoms with Crippen LogP contribution in [0, 0.1) is 6.92 Å². The summed E-state index contributed by atoms with van der Waals surface area (Å²) in [5, 5.41) is 10.2. The van der Waals surface area contributed by atoms with E-state index in [1.54, 1.807) is 7.11 Å². The number of esters is 1. The molecule has 0 atom stereocenters. The van der Waals surface area contributed by atoms with Crippen LogP contribution in [-0.4, -0.2) is 40.0 Å². The van der Waals surface area contributed by atoms with Crippen molar-refractivity contribution in [3.8, 4) is 5.75 Å². The van der Waals surface area contributed by atoms with Crippen LogP contribution < -0.4 is 4.74 Å². The number of nitrogens with zero attached hydrogens (tertiary/aromatic N) is 3. The lowest BCUT2D eigenvalue weighted by Gasteiger charge is -2.09. The van der Waals surface area contributed by atoms with E-state index in [1.807, 2.05) is 35.6 Å². The lowest BCUT2D eigenvalue weighted by Crippen LogP contribution is -2.08. The van der Waals surface area contributed by atoms with Crippen molar-refractivity contribution >= 4 is 34.3 Å². The quantitative estimate of drug-likeness (QED) is 0.365. The molecule has 0 saturated heterocycles. The number of hydrogen-bond acceptors (Lipinski definition) is 6. The van der Waals surface area contributed by atoms with Gasteiger partial charge in [0.1, 0.15) is 5.75 Å². The zero-order valence-corrected chi connectivity index (χ0v) is 15.4. The number of aromatic nitrogens is 3. The number of carbonyl (C=O) groups excluding carboxylic acids is 1. The Bertz CT molecular complexity index is 907. The van der Waals surface area contributed by atoms with Crippen molar-refractivity contribution in [2.24, 2.45) is 0 Å². The van der Waals surface area contributed by atoms with Gasteiger partial charge in [-0.3, -0.25) is 9.20 Å². The van der Waals surface area contributed by atoms with E-state index in [4.69, 9.17) is 9.47 Å². The predicted octanol–water partition coefficient (Wildman–Crippen LogP) is 3.63. The number of hydrogen-bond donors (Lipinski definition) is 0. The fourth-order valence-electron chi connectivity index (χ4n) is 2.62. The third-order valence-electron chi connectivity index (χ3n) is 3.95. The van der Waals surface area contributed by atoms with Crippen LogP contribution in [0.4, 0.5) is 0 Å². The number of pyridine rings is 1. The first-order chi connectivity index (χ1) is 12.1. The summed E-state index contributed by atoms with van der Waals surface area (Å²) in [5.74, 6) is 0.747. The molecule has 0 aliphatic heterocycles. The molecule has 132 valence electrons.